The average molecular weight is 387 g/mol. The fourth-order valence-electron chi connectivity index (χ4n) is 2.80. The zero-order valence-electron chi connectivity index (χ0n) is 15.9. The molecular formula is C18H21N5O3S. The number of carbonyl (C=O) groups is 1. The summed E-state index contributed by atoms with van der Waals surface area (Å²) in [5, 5.41) is 7.94. The van der Waals surface area contributed by atoms with E-state index in [1.54, 1.807) is 36.9 Å². The maximum absolute atomic E-state index is 12.7. The fourth-order valence-corrected chi connectivity index (χ4v) is 3.14. The van der Waals surface area contributed by atoms with Crippen molar-refractivity contribution in [3.05, 3.63) is 35.2 Å². The molecule has 142 valence electrons. The predicted molar refractivity (Wildman–Crippen MR) is 104 cm³/mol. The Balaban J connectivity index is 1.88. The van der Waals surface area contributed by atoms with Gasteiger partial charge in [-0.1, -0.05) is 11.8 Å². The summed E-state index contributed by atoms with van der Waals surface area (Å²) >= 11 is 1.45. The molecule has 0 bridgehead atoms. The molecule has 3 aromatic rings. The lowest BCUT2D eigenvalue weighted by Gasteiger charge is -2.13. The average Bonchev–Trinajstić information content (AvgIpc) is 3.08. The molecule has 0 aliphatic heterocycles. The van der Waals surface area contributed by atoms with E-state index in [1.165, 1.54) is 11.8 Å². The van der Waals surface area contributed by atoms with Gasteiger partial charge >= 0.3 is 0 Å². The summed E-state index contributed by atoms with van der Waals surface area (Å²) in [6.07, 6.45) is 2.07. The SMILES string of the molecule is COc1ccc(OC)c(NC(=O)Cc2c(C)nc3nc(SC)nn3c2C)c1. The number of hydrogen-bond acceptors (Lipinski definition) is 7. The van der Waals surface area contributed by atoms with Crippen LogP contribution >= 0.6 is 11.8 Å². The van der Waals surface area contributed by atoms with Gasteiger partial charge in [0.05, 0.1) is 26.3 Å². The van der Waals surface area contributed by atoms with Gasteiger partial charge in [-0.05, 0) is 32.2 Å². The Morgan fingerprint density at radius 1 is 1.22 bits per heavy atom. The molecule has 0 saturated carbocycles. The lowest BCUT2D eigenvalue weighted by Crippen LogP contribution is -2.18. The topological polar surface area (TPSA) is 90.6 Å². The summed E-state index contributed by atoms with van der Waals surface area (Å²) in [5.74, 6) is 1.55. The van der Waals surface area contributed by atoms with E-state index in [4.69, 9.17) is 9.47 Å². The zero-order chi connectivity index (χ0) is 19.6. The predicted octanol–water partition coefficient (Wildman–Crippen LogP) is 2.66. The lowest BCUT2D eigenvalue weighted by atomic mass is 10.1. The number of rotatable bonds is 6. The van der Waals surface area contributed by atoms with E-state index >= 15 is 0 Å². The van der Waals surface area contributed by atoms with Crippen molar-refractivity contribution in [2.24, 2.45) is 0 Å². The molecule has 0 unspecified atom stereocenters. The lowest BCUT2D eigenvalue weighted by molar-refractivity contribution is -0.115. The molecule has 0 saturated heterocycles. The molecule has 0 spiro atoms. The number of anilines is 1. The number of amides is 1. The standard InChI is InChI=1S/C18H21N5O3S/c1-10-13(11(2)23-17(19-10)21-18(22-23)27-5)9-16(24)20-14-8-12(25-3)6-7-15(14)26-4/h6-8H,9H2,1-5H3,(H,20,24). The second kappa shape index (κ2) is 7.83. The minimum absolute atomic E-state index is 0.162. The van der Waals surface area contributed by atoms with Crippen LogP contribution in [0.25, 0.3) is 5.78 Å². The quantitative estimate of drug-likeness (QED) is 0.650. The summed E-state index contributed by atoms with van der Waals surface area (Å²) in [6, 6.07) is 5.24. The van der Waals surface area contributed by atoms with Gasteiger partial charge in [0.15, 0.2) is 0 Å². The number of carbonyl (C=O) groups excluding carboxylic acids is 1. The van der Waals surface area contributed by atoms with Crippen LogP contribution in [-0.4, -0.2) is 46.0 Å². The van der Waals surface area contributed by atoms with Gasteiger partial charge < -0.3 is 14.8 Å². The smallest absolute Gasteiger partial charge is 0.253 e. The number of hydrogen-bond donors (Lipinski definition) is 1. The number of benzene rings is 1. The van der Waals surface area contributed by atoms with Gasteiger partial charge in [0.1, 0.15) is 11.5 Å². The highest BCUT2D eigenvalue weighted by Gasteiger charge is 2.17. The monoisotopic (exact) mass is 387 g/mol. The molecule has 0 aliphatic rings. The first-order valence-corrected chi connectivity index (χ1v) is 9.48. The van der Waals surface area contributed by atoms with Crippen LogP contribution in [0.4, 0.5) is 5.69 Å². The molecule has 1 N–H and O–H groups in total. The van der Waals surface area contributed by atoms with Crippen LogP contribution in [-0.2, 0) is 11.2 Å². The van der Waals surface area contributed by atoms with Gasteiger partial charge in [-0.2, -0.15) is 4.98 Å². The number of nitrogens with one attached hydrogen (secondary N) is 1. The van der Waals surface area contributed by atoms with Crippen LogP contribution in [0.2, 0.25) is 0 Å². The molecular weight excluding hydrogens is 366 g/mol. The van der Waals surface area contributed by atoms with Gasteiger partial charge in [0.25, 0.3) is 5.78 Å². The Hall–Kier alpha value is -2.81. The third kappa shape index (κ3) is 3.82. The zero-order valence-corrected chi connectivity index (χ0v) is 16.7. The summed E-state index contributed by atoms with van der Waals surface area (Å²) in [5.41, 5.74) is 2.97. The fraction of sp³-hybridized carbons (Fsp3) is 0.333. The third-order valence-electron chi connectivity index (χ3n) is 4.23. The van der Waals surface area contributed by atoms with Gasteiger partial charge in [-0.3, -0.25) is 4.79 Å². The highest BCUT2D eigenvalue weighted by Crippen LogP contribution is 2.29. The van der Waals surface area contributed by atoms with Crippen LogP contribution in [0, 0.1) is 13.8 Å². The van der Waals surface area contributed by atoms with Crippen molar-refractivity contribution in [3.8, 4) is 11.5 Å². The number of aryl methyl sites for hydroxylation is 2. The van der Waals surface area contributed by atoms with E-state index in [9.17, 15) is 4.79 Å². The van der Waals surface area contributed by atoms with Crippen molar-refractivity contribution >= 4 is 29.1 Å². The molecule has 9 heteroatoms. The van der Waals surface area contributed by atoms with E-state index in [2.05, 4.69) is 20.4 Å². The molecule has 0 aliphatic carbocycles. The van der Waals surface area contributed by atoms with E-state index in [0.29, 0.717) is 28.1 Å². The Labute approximate surface area is 161 Å². The minimum atomic E-state index is -0.181. The Morgan fingerprint density at radius 3 is 2.67 bits per heavy atom. The Bertz CT molecular complexity index is 1000. The van der Waals surface area contributed by atoms with Crippen molar-refractivity contribution in [1.29, 1.82) is 0 Å². The van der Waals surface area contributed by atoms with Gasteiger partial charge in [-0.15, -0.1) is 5.10 Å². The first-order chi connectivity index (χ1) is 13.0. The number of nitrogens with zero attached hydrogens (tertiary/aromatic N) is 4. The van der Waals surface area contributed by atoms with E-state index < -0.39 is 0 Å². The second-order valence-corrected chi connectivity index (χ2v) is 6.64. The molecule has 0 atom stereocenters. The maximum Gasteiger partial charge on any atom is 0.253 e. The number of ether oxygens (including phenoxy) is 2. The first kappa shape index (κ1) is 19.0. The van der Waals surface area contributed by atoms with E-state index in [1.807, 2.05) is 20.1 Å². The van der Waals surface area contributed by atoms with Gasteiger partial charge in [0.2, 0.25) is 11.1 Å². The second-order valence-electron chi connectivity index (χ2n) is 5.86. The van der Waals surface area contributed by atoms with Crippen LogP contribution in [0.5, 0.6) is 11.5 Å². The summed E-state index contributed by atoms with van der Waals surface area (Å²) < 4.78 is 12.2. The van der Waals surface area contributed by atoms with Crippen molar-refractivity contribution in [2.45, 2.75) is 25.4 Å². The van der Waals surface area contributed by atoms with E-state index in [-0.39, 0.29) is 12.3 Å². The van der Waals surface area contributed by atoms with Crippen molar-refractivity contribution in [1.82, 2.24) is 19.6 Å². The van der Waals surface area contributed by atoms with Crippen LogP contribution in [0.15, 0.2) is 23.4 Å². The van der Waals surface area contributed by atoms with E-state index in [0.717, 1.165) is 17.0 Å². The van der Waals surface area contributed by atoms with Crippen LogP contribution < -0.4 is 14.8 Å². The largest absolute Gasteiger partial charge is 0.497 e. The molecule has 1 amide bonds. The molecule has 27 heavy (non-hydrogen) atoms. The van der Waals surface area contributed by atoms with Crippen molar-refractivity contribution in [3.63, 3.8) is 0 Å². The molecule has 0 fully saturated rings. The van der Waals surface area contributed by atoms with Gasteiger partial charge in [-0.25, -0.2) is 9.50 Å². The minimum Gasteiger partial charge on any atom is -0.497 e. The van der Waals surface area contributed by atoms with Crippen LogP contribution in [0.1, 0.15) is 17.0 Å². The number of aromatic nitrogens is 4. The summed E-state index contributed by atoms with van der Waals surface area (Å²) in [4.78, 5) is 21.5. The molecule has 2 aromatic heterocycles. The Kier molecular flexibility index (Phi) is 5.50. The third-order valence-corrected chi connectivity index (χ3v) is 4.77. The van der Waals surface area contributed by atoms with Crippen molar-refractivity contribution < 1.29 is 14.3 Å². The molecule has 8 nitrogen and oxygen atoms in total. The molecule has 0 radical (unpaired) electrons. The Morgan fingerprint density at radius 2 is 2.00 bits per heavy atom. The van der Waals surface area contributed by atoms with Crippen molar-refractivity contribution in [2.75, 3.05) is 25.8 Å². The molecule has 1 aromatic carbocycles. The highest BCUT2D eigenvalue weighted by atomic mass is 32.2. The number of fused-ring (bicyclic) bond motifs is 1. The first-order valence-electron chi connectivity index (χ1n) is 8.25. The highest BCUT2D eigenvalue weighted by molar-refractivity contribution is 7.98. The summed E-state index contributed by atoms with van der Waals surface area (Å²) in [7, 11) is 3.12. The maximum atomic E-state index is 12.7. The molecule has 2 heterocycles. The number of methoxy groups -OCH3 is 2. The van der Waals surface area contributed by atoms with Gasteiger partial charge in [0, 0.05) is 23.0 Å². The number of thioether (sulfide) groups is 1. The van der Waals surface area contributed by atoms with Crippen LogP contribution in [0.3, 0.4) is 0 Å². The molecule has 3 rings (SSSR count). The normalized spacial score (nSPS) is 10.9. The summed E-state index contributed by atoms with van der Waals surface area (Å²) in [6.45, 7) is 3.78.